The van der Waals surface area contributed by atoms with Crippen LogP contribution in [0.4, 0.5) is 0 Å². The average molecular weight is 253 g/mol. The second kappa shape index (κ2) is 3.71. The number of para-hydroxylation sites is 1. The van der Waals surface area contributed by atoms with Crippen molar-refractivity contribution in [2.45, 2.75) is 6.54 Å². The summed E-state index contributed by atoms with van der Waals surface area (Å²) in [5.41, 5.74) is 1.62. The van der Waals surface area contributed by atoms with Crippen molar-refractivity contribution in [2.75, 3.05) is 6.61 Å². The molecule has 2 aromatic heterocycles. The van der Waals surface area contributed by atoms with Gasteiger partial charge in [0.25, 0.3) is 0 Å². The van der Waals surface area contributed by atoms with Crippen LogP contribution in [0.5, 0.6) is 5.75 Å². The summed E-state index contributed by atoms with van der Waals surface area (Å²) >= 11 is 0. The van der Waals surface area contributed by atoms with Gasteiger partial charge >= 0.3 is 5.69 Å². The lowest BCUT2D eigenvalue weighted by Gasteiger charge is -2.14. The SMILES string of the molecule is O=c1n2c3c(cccc3n1-c1ccccn1)OCC2. The Balaban J connectivity index is 2.16. The third-order valence-electron chi connectivity index (χ3n) is 3.36. The van der Waals surface area contributed by atoms with Gasteiger partial charge in [-0.2, -0.15) is 0 Å². The number of aromatic nitrogens is 3. The van der Waals surface area contributed by atoms with Crippen LogP contribution < -0.4 is 10.4 Å². The van der Waals surface area contributed by atoms with Gasteiger partial charge in [-0.15, -0.1) is 0 Å². The molecule has 0 saturated carbocycles. The van der Waals surface area contributed by atoms with Gasteiger partial charge in [0.15, 0.2) is 0 Å². The minimum Gasteiger partial charge on any atom is -0.489 e. The van der Waals surface area contributed by atoms with E-state index in [2.05, 4.69) is 4.98 Å². The minimum atomic E-state index is -0.0653. The molecule has 5 heteroatoms. The van der Waals surface area contributed by atoms with E-state index in [1.807, 2.05) is 36.4 Å². The number of ether oxygens (including phenoxy) is 1. The number of pyridine rings is 1. The maximum absolute atomic E-state index is 12.5. The van der Waals surface area contributed by atoms with Crippen LogP contribution in [-0.2, 0) is 6.54 Å². The lowest BCUT2D eigenvalue weighted by Crippen LogP contribution is -2.27. The molecule has 4 rings (SSSR count). The van der Waals surface area contributed by atoms with Crippen molar-refractivity contribution >= 4 is 11.0 Å². The molecule has 3 heterocycles. The number of hydrogen-bond donors (Lipinski definition) is 0. The Morgan fingerprint density at radius 3 is 2.95 bits per heavy atom. The number of rotatable bonds is 1. The summed E-state index contributed by atoms with van der Waals surface area (Å²) < 4.78 is 8.99. The van der Waals surface area contributed by atoms with Crippen LogP contribution >= 0.6 is 0 Å². The highest BCUT2D eigenvalue weighted by Crippen LogP contribution is 2.28. The standard InChI is InChI=1S/C14H11N3O2/c18-14-16-8-9-19-11-5-3-4-10(13(11)16)17(14)12-6-1-2-7-15-12/h1-7H,8-9H2. The lowest BCUT2D eigenvalue weighted by molar-refractivity contribution is 0.284. The summed E-state index contributed by atoms with van der Waals surface area (Å²) in [6.07, 6.45) is 1.69. The molecule has 0 unspecified atom stereocenters. The highest BCUT2D eigenvalue weighted by atomic mass is 16.5. The number of benzene rings is 1. The van der Waals surface area contributed by atoms with E-state index in [0.29, 0.717) is 19.0 Å². The van der Waals surface area contributed by atoms with Gasteiger partial charge in [-0.25, -0.2) is 14.3 Å². The van der Waals surface area contributed by atoms with Crippen molar-refractivity contribution < 1.29 is 4.74 Å². The normalized spacial score (nSPS) is 13.5. The zero-order valence-electron chi connectivity index (χ0n) is 10.1. The van der Waals surface area contributed by atoms with E-state index >= 15 is 0 Å². The van der Waals surface area contributed by atoms with Crippen LogP contribution in [0, 0.1) is 0 Å². The Labute approximate surface area is 108 Å². The van der Waals surface area contributed by atoms with Crippen LogP contribution in [0.3, 0.4) is 0 Å². The monoisotopic (exact) mass is 253 g/mol. The zero-order chi connectivity index (χ0) is 12.8. The summed E-state index contributed by atoms with van der Waals surface area (Å²) in [5.74, 6) is 1.39. The predicted octanol–water partition coefficient (Wildman–Crippen LogP) is 1.58. The van der Waals surface area contributed by atoms with Crippen molar-refractivity contribution in [2.24, 2.45) is 0 Å². The topological polar surface area (TPSA) is 49.0 Å². The molecular formula is C14H11N3O2. The summed E-state index contributed by atoms with van der Waals surface area (Å²) in [4.78, 5) is 16.8. The highest BCUT2D eigenvalue weighted by molar-refractivity contribution is 5.84. The molecule has 1 aromatic carbocycles. The van der Waals surface area contributed by atoms with Gasteiger partial charge in [0, 0.05) is 6.20 Å². The molecule has 0 radical (unpaired) electrons. The van der Waals surface area contributed by atoms with Crippen LogP contribution in [0.15, 0.2) is 47.4 Å². The second-order valence-corrected chi connectivity index (χ2v) is 4.43. The van der Waals surface area contributed by atoms with E-state index in [1.165, 1.54) is 0 Å². The molecule has 94 valence electrons. The molecule has 0 spiro atoms. The first-order valence-corrected chi connectivity index (χ1v) is 6.15. The molecule has 0 atom stereocenters. The third-order valence-corrected chi connectivity index (χ3v) is 3.36. The fourth-order valence-electron chi connectivity index (χ4n) is 2.56. The molecule has 0 amide bonds. The maximum Gasteiger partial charge on any atom is 0.335 e. The second-order valence-electron chi connectivity index (χ2n) is 4.43. The number of hydrogen-bond acceptors (Lipinski definition) is 3. The van der Waals surface area contributed by atoms with E-state index in [4.69, 9.17) is 4.74 Å². The summed E-state index contributed by atoms with van der Waals surface area (Å²) in [5, 5.41) is 0. The lowest BCUT2D eigenvalue weighted by atomic mass is 10.2. The molecule has 1 aliphatic heterocycles. The molecule has 0 fully saturated rings. The zero-order valence-corrected chi connectivity index (χ0v) is 10.1. The van der Waals surface area contributed by atoms with Crippen LogP contribution in [0.1, 0.15) is 0 Å². The Hall–Kier alpha value is -2.56. The Bertz CT molecular complexity index is 818. The van der Waals surface area contributed by atoms with Crippen molar-refractivity contribution in [3.63, 3.8) is 0 Å². The first-order chi connectivity index (χ1) is 9.36. The molecule has 0 aliphatic carbocycles. The molecule has 3 aromatic rings. The molecule has 0 saturated heterocycles. The first kappa shape index (κ1) is 10.4. The number of nitrogens with zero attached hydrogens (tertiary/aromatic N) is 3. The van der Waals surface area contributed by atoms with E-state index in [1.54, 1.807) is 15.3 Å². The largest absolute Gasteiger partial charge is 0.489 e. The van der Waals surface area contributed by atoms with E-state index in [0.717, 1.165) is 16.8 Å². The molecular weight excluding hydrogens is 242 g/mol. The smallest absolute Gasteiger partial charge is 0.335 e. The van der Waals surface area contributed by atoms with Gasteiger partial charge < -0.3 is 4.74 Å². The van der Waals surface area contributed by atoms with Crippen molar-refractivity contribution in [1.82, 2.24) is 14.1 Å². The Morgan fingerprint density at radius 1 is 1.16 bits per heavy atom. The molecule has 1 aliphatic rings. The van der Waals surface area contributed by atoms with Gasteiger partial charge in [-0.05, 0) is 24.3 Å². The van der Waals surface area contributed by atoms with Crippen LogP contribution in [-0.4, -0.2) is 20.7 Å². The molecule has 0 N–H and O–H groups in total. The highest BCUT2D eigenvalue weighted by Gasteiger charge is 2.21. The fraction of sp³-hybridized carbons (Fsp3) is 0.143. The first-order valence-electron chi connectivity index (χ1n) is 6.15. The van der Waals surface area contributed by atoms with Crippen molar-refractivity contribution in [3.05, 3.63) is 53.1 Å². The number of imidazole rings is 1. The van der Waals surface area contributed by atoms with Gasteiger partial charge in [-0.3, -0.25) is 4.57 Å². The molecule has 19 heavy (non-hydrogen) atoms. The molecule has 5 nitrogen and oxygen atoms in total. The van der Waals surface area contributed by atoms with Gasteiger partial charge in [0.2, 0.25) is 0 Å². The average Bonchev–Trinajstić information content (AvgIpc) is 2.76. The summed E-state index contributed by atoms with van der Waals surface area (Å²) in [6, 6.07) is 11.2. The van der Waals surface area contributed by atoms with Crippen LogP contribution in [0.2, 0.25) is 0 Å². The maximum atomic E-state index is 12.5. The van der Waals surface area contributed by atoms with Gasteiger partial charge in [0.1, 0.15) is 23.7 Å². The van der Waals surface area contributed by atoms with E-state index in [9.17, 15) is 4.79 Å². The molecule has 0 bridgehead atoms. The van der Waals surface area contributed by atoms with Crippen molar-refractivity contribution in [3.8, 4) is 11.6 Å². The van der Waals surface area contributed by atoms with Crippen LogP contribution in [0.25, 0.3) is 16.9 Å². The van der Waals surface area contributed by atoms with E-state index < -0.39 is 0 Å². The minimum absolute atomic E-state index is 0.0653. The Morgan fingerprint density at radius 2 is 2.11 bits per heavy atom. The quantitative estimate of drug-likeness (QED) is 0.661. The van der Waals surface area contributed by atoms with Crippen molar-refractivity contribution in [1.29, 1.82) is 0 Å². The van der Waals surface area contributed by atoms with E-state index in [-0.39, 0.29) is 5.69 Å². The van der Waals surface area contributed by atoms with Gasteiger partial charge in [-0.1, -0.05) is 12.1 Å². The predicted molar refractivity (Wildman–Crippen MR) is 70.8 cm³/mol. The summed E-state index contributed by atoms with van der Waals surface area (Å²) in [7, 11) is 0. The fourth-order valence-corrected chi connectivity index (χ4v) is 2.56. The summed E-state index contributed by atoms with van der Waals surface area (Å²) in [6.45, 7) is 1.10. The third kappa shape index (κ3) is 1.35. The van der Waals surface area contributed by atoms with Gasteiger partial charge in [0.05, 0.1) is 12.1 Å². The Kier molecular flexibility index (Phi) is 2.03.